The lowest BCUT2D eigenvalue weighted by molar-refractivity contribution is -0.265. The molecule has 1 fully saturated rings. The summed E-state index contributed by atoms with van der Waals surface area (Å²) in [6, 6.07) is -1.05. The maximum absolute atomic E-state index is 9.84. The fourth-order valence-corrected chi connectivity index (χ4v) is 1.81. The summed E-state index contributed by atoms with van der Waals surface area (Å²) in [5, 5.41) is 32.0. The molecule has 19 heavy (non-hydrogen) atoms. The molecule has 0 radical (unpaired) electrons. The first-order chi connectivity index (χ1) is 9.15. The standard InChI is InChI=1S/C11H19N3O5/c1-2-3-4-5-18-11-8(13-14-12)10(17)9(16)7(6-15)19-11/h2,7-11,15-17H,1,3-6H2/t7-,8-,9+,10-,11-/m1/s1. The fraction of sp³-hybridized carbons (Fsp3) is 0.818. The van der Waals surface area contributed by atoms with E-state index < -0.39 is 37.3 Å². The molecule has 5 atom stereocenters. The molecule has 1 saturated heterocycles. The van der Waals surface area contributed by atoms with Crippen molar-refractivity contribution in [1.82, 2.24) is 0 Å². The van der Waals surface area contributed by atoms with Crippen LogP contribution in [0.3, 0.4) is 0 Å². The molecule has 0 aliphatic carbocycles. The lowest BCUT2D eigenvalue weighted by Crippen LogP contribution is -2.58. The van der Waals surface area contributed by atoms with E-state index in [1.807, 2.05) is 0 Å². The summed E-state index contributed by atoms with van der Waals surface area (Å²) in [7, 11) is 0. The minimum Gasteiger partial charge on any atom is -0.394 e. The van der Waals surface area contributed by atoms with Crippen molar-refractivity contribution in [3.8, 4) is 0 Å². The van der Waals surface area contributed by atoms with Gasteiger partial charge in [0.2, 0.25) is 0 Å². The molecule has 0 bridgehead atoms. The Morgan fingerprint density at radius 3 is 2.74 bits per heavy atom. The third-order valence-electron chi connectivity index (χ3n) is 2.87. The van der Waals surface area contributed by atoms with Crippen LogP contribution in [0, 0.1) is 0 Å². The second kappa shape index (κ2) is 8.11. The lowest BCUT2D eigenvalue weighted by atomic mass is 9.98. The third-order valence-corrected chi connectivity index (χ3v) is 2.87. The topological polar surface area (TPSA) is 128 Å². The Labute approximate surface area is 110 Å². The number of nitrogens with zero attached hydrogens (tertiary/aromatic N) is 3. The molecule has 1 aliphatic rings. The number of ether oxygens (including phenoxy) is 2. The van der Waals surface area contributed by atoms with Crippen LogP contribution >= 0.6 is 0 Å². The molecule has 1 aliphatic heterocycles. The minimum absolute atomic E-state index is 0.328. The number of hydrogen-bond donors (Lipinski definition) is 3. The smallest absolute Gasteiger partial charge is 0.169 e. The third kappa shape index (κ3) is 4.17. The van der Waals surface area contributed by atoms with E-state index >= 15 is 0 Å². The Bertz CT molecular complexity index is 334. The van der Waals surface area contributed by atoms with Crippen molar-refractivity contribution < 1.29 is 24.8 Å². The van der Waals surface area contributed by atoms with E-state index in [2.05, 4.69) is 16.6 Å². The molecule has 0 aromatic carbocycles. The molecule has 108 valence electrons. The van der Waals surface area contributed by atoms with E-state index in [4.69, 9.17) is 20.1 Å². The summed E-state index contributed by atoms with van der Waals surface area (Å²) in [5.41, 5.74) is 8.46. The Morgan fingerprint density at radius 2 is 2.16 bits per heavy atom. The van der Waals surface area contributed by atoms with Gasteiger partial charge in [0.15, 0.2) is 6.29 Å². The van der Waals surface area contributed by atoms with Crippen LogP contribution in [0.15, 0.2) is 17.8 Å². The average molecular weight is 273 g/mol. The van der Waals surface area contributed by atoms with Gasteiger partial charge in [-0.05, 0) is 18.4 Å². The summed E-state index contributed by atoms with van der Waals surface area (Å²) in [6.07, 6.45) is -1.42. The van der Waals surface area contributed by atoms with Crippen LogP contribution in [0.4, 0.5) is 0 Å². The molecule has 1 rings (SSSR count). The van der Waals surface area contributed by atoms with E-state index in [1.54, 1.807) is 6.08 Å². The average Bonchev–Trinajstić information content (AvgIpc) is 2.42. The number of hydrogen-bond acceptors (Lipinski definition) is 6. The van der Waals surface area contributed by atoms with E-state index in [9.17, 15) is 10.2 Å². The summed E-state index contributed by atoms with van der Waals surface area (Å²) in [6.45, 7) is 3.44. The monoisotopic (exact) mass is 273 g/mol. The summed E-state index contributed by atoms with van der Waals surface area (Å²) in [4.78, 5) is 2.60. The largest absolute Gasteiger partial charge is 0.394 e. The van der Waals surface area contributed by atoms with Crippen LogP contribution in [-0.4, -0.2) is 59.2 Å². The summed E-state index contributed by atoms with van der Waals surface area (Å²) in [5.74, 6) is 0. The van der Waals surface area contributed by atoms with Gasteiger partial charge in [0.05, 0.1) is 19.3 Å². The minimum atomic E-state index is -1.34. The van der Waals surface area contributed by atoms with Crippen molar-refractivity contribution in [2.45, 2.75) is 43.5 Å². The van der Waals surface area contributed by atoms with Gasteiger partial charge in [-0.25, -0.2) is 0 Å². The van der Waals surface area contributed by atoms with Crippen molar-refractivity contribution in [3.05, 3.63) is 23.1 Å². The van der Waals surface area contributed by atoms with Gasteiger partial charge in [-0.1, -0.05) is 11.2 Å². The molecule has 1 heterocycles. The molecule has 0 unspecified atom stereocenters. The number of allylic oxidation sites excluding steroid dienone is 1. The van der Waals surface area contributed by atoms with Crippen LogP contribution in [-0.2, 0) is 9.47 Å². The highest BCUT2D eigenvalue weighted by molar-refractivity contribution is 4.93. The molecule has 0 spiro atoms. The van der Waals surface area contributed by atoms with Gasteiger partial charge in [0, 0.05) is 4.91 Å². The zero-order chi connectivity index (χ0) is 14.3. The SMILES string of the molecule is C=CCCCO[C@@H]1O[C@H](CO)[C@H](O)[C@H](O)[C@H]1N=[N+]=[N-]. The highest BCUT2D eigenvalue weighted by Gasteiger charge is 2.44. The number of aliphatic hydroxyl groups excluding tert-OH is 3. The van der Waals surface area contributed by atoms with Crippen LogP contribution < -0.4 is 0 Å². The zero-order valence-corrected chi connectivity index (χ0v) is 10.5. The van der Waals surface area contributed by atoms with Gasteiger partial charge in [-0.3, -0.25) is 0 Å². The maximum Gasteiger partial charge on any atom is 0.169 e. The van der Waals surface area contributed by atoms with E-state index in [0.717, 1.165) is 6.42 Å². The Balaban J connectivity index is 2.66. The predicted molar refractivity (Wildman–Crippen MR) is 66.1 cm³/mol. The van der Waals surface area contributed by atoms with Crippen LogP contribution in [0.25, 0.3) is 10.4 Å². The van der Waals surface area contributed by atoms with Crippen LogP contribution in [0.2, 0.25) is 0 Å². The molecule has 0 aromatic heterocycles. The first kappa shape index (κ1) is 15.9. The molecule has 0 saturated carbocycles. The van der Waals surface area contributed by atoms with Crippen molar-refractivity contribution in [1.29, 1.82) is 0 Å². The highest BCUT2D eigenvalue weighted by Crippen LogP contribution is 2.24. The first-order valence-electron chi connectivity index (χ1n) is 6.04. The van der Waals surface area contributed by atoms with Crippen molar-refractivity contribution >= 4 is 0 Å². The molecule has 0 amide bonds. The van der Waals surface area contributed by atoms with Crippen LogP contribution in [0.5, 0.6) is 0 Å². The van der Waals surface area contributed by atoms with Gasteiger partial charge in [-0.2, -0.15) is 0 Å². The second-order valence-electron chi connectivity index (χ2n) is 4.20. The fourth-order valence-electron chi connectivity index (χ4n) is 1.81. The van der Waals surface area contributed by atoms with E-state index in [0.29, 0.717) is 13.0 Å². The van der Waals surface area contributed by atoms with E-state index in [-0.39, 0.29) is 0 Å². The second-order valence-corrected chi connectivity index (χ2v) is 4.20. The Kier molecular flexibility index (Phi) is 6.79. The van der Waals surface area contributed by atoms with E-state index in [1.165, 1.54) is 0 Å². The summed E-state index contributed by atoms with van der Waals surface area (Å²) >= 11 is 0. The van der Waals surface area contributed by atoms with Crippen molar-refractivity contribution in [3.63, 3.8) is 0 Å². The van der Waals surface area contributed by atoms with Gasteiger partial charge in [0.1, 0.15) is 18.2 Å². The van der Waals surface area contributed by atoms with Gasteiger partial charge in [-0.15, -0.1) is 6.58 Å². The number of aliphatic hydroxyl groups is 3. The van der Waals surface area contributed by atoms with Gasteiger partial charge >= 0.3 is 0 Å². The van der Waals surface area contributed by atoms with Crippen molar-refractivity contribution in [2.75, 3.05) is 13.2 Å². The van der Waals surface area contributed by atoms with Gasteiger partial charge in [0.25, 0.3) is 0 Å². The Hall–Kier alpha value is -1.15. The number of azide groups is 1. The predicted octanol–water partition coefficient (Wildman–Crippen LogP) is 0.0871. The van der Waals surface area contributed by atoms with Crippen LogP contribution in [0.1, 0.15) is 12.8 Å². The maximum atomic E-state index is 9.84. The molecule has 0 aromatic rings. The Morgan fingerprint density at radius 1 is 1.42 bits per heavy atom. The normalized spacial score (nSPS) is 34.6. The lowest BCUT2D eigenvalue weighted by Gasteiger charge is -2.40. The summed E-state index contributed by atoms with van der Waals surface area (Å²) < 4.78 is 10.7. The molecule has 8 heteroatoms. The number of unbranched alkanes of at least 4 members (excludes halogenated alkanes) is 1. The molecule has 3 N–H and O–H groups in total. The highest BCUT2D eigenvalue weighted by atomic mass is 16.7. The quantitative estimate of drug-likeness (QED) is 0.199. The molecular formula is C11H19N3O5. The number of rotatable bonds is 7. The molecular weight excluding hydrogens is 254 g/mol. The first-order valence-corrected chi connectivity index (χ1v) is 6.04. The van der Waals surface area contributed by atoms with Crippen molar-refractivity contribution in [2.24, 2.45) is 5.11 Å². The zero-order valence-electron chi connectivity index (χ0n) is 10.5. The molecule has 8 nitrogen and oxygen atoms in total. The van der Waals surface area contributed by atoms with Gasteiger partial charge < -0.3 is 24.8 Å².